The molecular weight excluding hydrogens is 190 g/mol. The van der Waals surface area contributed by atoms with Gasteiger partial charge < -0.3 is 5.11 Å². The minimum atomic E-state index is -0.670. The highest BCUT2D eigenvalue weighted by atomic mass is 16.4. The van der Waals surface area contributed by atoms with Crippen LogP contribution in [0, 0.1) is 5.92 Å². The lowest BCUT2D eigenvalue weighted by molar-refractivity contribution is -0.139. The van der Waals surface area contributed by atoms with Crippen LogP contribution in [0.2, 0.25) is 0 Å². The maximum absolute atomic E-state index is 10.8. The van der Waals surface area contributed by atoms with Crippen LogP contribution >= 0.6 is 0 Å². The molecule has 0 radical (unpaired) electrons. The van der Waals surface area contributed by atoms with Crippen LogP contribution in [0.5, 0.6) is 0 Å². The van der Waals surface area contributed by atoms with Crippen molar-refractivity contribution in [3.8, 4) is 0 Å². The van der Waals surface area contributed by atoms with Crippen molar-refractivity contribution in [2.24, 2.45) is 5.92 Å². The fourth-order valence-corrected chi connectivity index (χ4v) is 2.97. The van der Waals surface area contributed by atoms with E-state index in [-0.39, 0.29) is 11.1 Å². The number of hydrogen-bond donors (Lipinski definition) is 1. The van der Waals surface area contributed by atoms with Crippen LogP contribution in [0.4, 0.5) is 0 Å². The third kappa shape index (κ3) is 2.71. The molecule has 1 heterocycles. The largest absolute Gasteiger partial charge is 0.481 e. The first-order valence-electron chi connectivity index (χ1n) is 5.61. The highest BCUT2D eigenvalue weighted by Gasteiger charge is 2.43. The first kappa shape index (κ1) is 12.5. The molecule has 0 aromatic rings. The number of carboxylic acid groups (broad SMARTS) is 1. The van der Waals surface area contributed by atoms with Crippen molar-refractivity contribution in [2.45, 2.75) is 58.0 Å². The van der Waals surface area contributed by atoms with Gasteiger partial charge in [-0.05, 0) is 53.5 Å². The molecule has 1 aliphatic heterocycles. The summed E-state index contributed by atoms with van der Waals surface area (Å²) in [6.07, 6.45) is 2.25. The molecule has 0 spiro atoms. The van der Waals surface area contributed by atoms with Gasteiger partial charge in [0, 0.05) is 17.5 Å². The second kappa shape index (κ2) is 3.78. The van der Waals surface area contributed by atoms with Gasteiger partial charge in [-0.25, -0.2) is 0 Å². The number of hydrogen-bond acceptors (Lipinski definition) is 2. The van der Waals surface area contributed by atoms with E-state index in [2.05, 4.69) is 39.6 Å². The Morgan fingerprint density at radius 1 is 1.27 bits per heavy atom. The normalized spacial score (nSPS) is 26.5. The second-order valence-electron chi connectivity index (χ2n) is 6.06. The Hall–Kier alpha value is -0.570. The SMILES string of the molecule is CN1C(C)(C)CC(CC(=O)O)CC1(C)C. The Labute approximate surface area is 92.5 Å². The van der Waals surface area contributed by atoms with Gasteiger partial charge in [0.1, 0.15) is 0 Å². The van der Waals surface area contributed by atoms with Crippen molar-refractivity contribution in [1.29, 1.82) is 0 Å². The fraction of sp³-hybridized carbons (Fsp3) is 0.917. The van der Waals surface area contributed by atoms with Crippen molar-refractivity contribution < 1.29 is 9.90 Å². The van der Waals surface area contributed by atoms with Crippen LogP contribution in [0.25, 0.3) is 0 Å². The monoisotopic (exact) mass is 213 g/mol. The Bertz CT molecular complexity index is 240. The number of piperidine rings is 1. The van der Waals surface area contributed by atoms with Crippen molar-refractivity contribution in [3.63, 3.8) is 0 Å². The molecule has 3 nitrogen and oxygen atoms in total. The van der Waals surface area contributed by atoms with E-state index in [0.29, 0.717) is 12.3 Å². The number of carbonyl (C=O) groups is 1. The maximum atomic E-state index is 10.8. The highest BCUT2D eigenvalue weighted by Crippen LogP contribution is 2.41. The number of nitrogens with zero attached hydrogens (tertiary/aromatic N) is 1. The molecule has 0 amide bonds. The summed E-state index contributed by atoms with van der Waals surface area (Å²) in [6.45, 7) is 8.79. The van der Waals surface area contributed by atoms with E-state index < -0.39 is 5.97 Å². The molecule has 0 saturated carbocycles. The first-order chi connectivity index (χ1) is 6.65. The zero-order valence-corrected chi connectivity index (χ0v) is 10.5. The van der Waals surface area contributed by atoms with E-state index in [0.717, 1.165) is 12.8 Å². The predicted octanol–water partition coefficient (Wildman–Crippen LogP) is 2.36. The number of likely N-dealkylation sites (tertiary alicyclic amines) is 1. The molecule has 0 atom stereocenters. The summed E-state index contributed by atoms with van der Waals surface area (Å²) < 4.78 is 0. The van der Waals surface area contributed by atoms with Gasteiger partial charge in [0.15, 0.2) is 0 Å². The minimum Gasteiger partial charge on any atom is -0.481 e. The lowest BCUT2D eigenvalue weighted by Gasteiger charge is -2.53. The molecule has 1 fully saturated rings. The molecular formula is C12H23NO2. The molecule has 0 unspecified atom stereocenters. The summed E-state index contributed by atoms with van der Waals surface area (Å²) in [5.41, 5.74) is 0.198. The lowest BCUT2D eigenvalue weighted by Crippen LogP contribution is -2.58. The van der Waals surface area contributed by atoms with E-state index in [9.17, 15) is 4.79 Å². The second-order valence-corrected chi connectivity index (χ2v) is 6.06. The summed E-state index contributed by atoms with van der Waals surface area (Å²) in [4.78, 5) is 13.1. The molecule has 0 aromatic heterocycles. The van der Waals surface area contributed by atoms with Gasteiger partial charge in [0.05, 0.1) is 0 Å². The molecule has 0 aromatic carbocycles. The standard InChI is InChI=1S/C12H23NO2/c1-11(2)7-9(6-10(14)15)8-12(3,4)13(11)5/h9H,6-8H2,1-5H3,(H,14,15). The van der Waals surface area contributed by atoms with E-state index >= 15 is 0 Å². The number of rotatable bonds is 2. The number of aliphatic carboxylic acids is 1. The molecule has 15 heavy (non-hydrogen) atoms. The summed E-state index contributed by atoms with van der Waals surface area (Å²) in [5.74, 6) is -0.361. The molecule has 0 bridgehead atoms. The zero-order chi connectivity index (χ0) is 11.9. The summed E-state index contributed by atoms with van der Waals surface area (Å²) in [7, 11) is 2.14. The van der Waals surface area contributed by atoms with Gasteiger partial charge in [-0.2, -0.15) is 0 Å². The van der Waals surface area contributed by atoms with Crippen molar-refractivity contribution in [3.05, 3.63) is 0 Å². The van der Waals surface area contributed by atoms with Crippen molar-refractivity contribution in [1.82, 2.24) is 4.90 Å². The quantitative estimate of drug-likeness (QED) is 0.765. The van der Waals surface area contributed by atoms with E-state index in [4.69, 9.17) is 5.11 Å². The smallest absolute Gasteiger partial charge is 0.303 e. The van der Waals surface area contributed by atoms with Gasteiger partial charge in [-0.15, -0.1) is 0 Å². The Morgan fingerprint density at radius 3 is 2.00 bits per heavy atom. The Morgan fingerprint density at radius 2 is 1.67 bits per heavy atom. The Balaban J connectivity index is 2.79. The molecule has 1 rings (SSSR count). The van der Waals surface area contributed by atoms with Crippen LogP contribution in [-0.4, -0.2) is 34.1 Å². The minimum absolute atomic E-state index is 0.0991. The molecule has 1 aliphatic rings. The van der Waals surface area contributed by atoms with E-state index in [1.54, 1.807) is 0 Å². The molecule has 3 heteroatoms. The topological polar surface area (TPSA) is 40.5 Å². The first-order valence-corrected chi connectivity index (χ1v) is 5.61. The molecule has 1 N–H and O–H groups in total. The van der Waals surface area contributed by atoms with Gasteiger partial charge in [-0.1, -0.05) is 0 Å². The van der Waals surface area contributed by atoms with Crippen LogP contribution in [-0.2, 0) is 4.79 Å². The summed E-state index contributed by atoms with van der Waals surface area (Å²) >= 11 is 0. The predicted molar refractivity (Wildman–Crippen MR) is 60.9 cm³/mol. The van der Waals surface area contributed by atoms with E-state index in [1.807, 2.05) is 0 Å². The van der Waals surface area contributed by atoms with Crippen LogP contribution in [0.1, 0.15) is 47.0 Å². The number of carboxylic acids is 1. The molecule has 1 saturated heterocycles. The van der Waals surface area contributed by atoms with Gasteiger partial charge in [0.2, 0.25) is 0 Å². The third-order valence-electron chi connectivity index (χ3n) is 3.86. The third-order valence-corrected chi connectivity index (χ3v) is 3.86. The summed E-state index contributed by atoms with van der Waals surface area (Å²) in [6, 6.07) is 0. The molecule has 88 valence electrons. The van der Waals surface area contributed by atoms with E-state index in [1.165, 1.54) is 0 Å². The maximum Gasteiger partial charge on any atom is 0.303 e. The Kier molecular flexibility index (Phi) is 3.15. The average molecular weight is 213 g/mol. The highest BCUT2D eigenvalue weighted by molar-refractivity contribution is 5.67. The van der Waals surface area contributed by atoms with Crippen molar-refractivity contribution >= 4 is 5.97 Å². The zero-order valence-electron chi connectivity index (χ0n) is 10.5. The van der Waals surface area contributed by atoms with Gasteiger partial charge >= 0.3 is 5.97 Å². The molecule has 0 aliphatic carbocycles. The van der Waals surface area contributed by atoms with Crippen molar-refractivity contribution in [2.75, 3.05) is 7.05 Å². The lowest BCUT2D eigenvalue weighted by atomic mass is 9.73. The fourth-order valence-electron chi connectivity index (χ4n) is 2.97. The average Bonchev–Trinajstić information content (AvgIpc) is 1.97. The summed E-state index contributed by atoms with van der Waals surface area (Å²) in [5, 5.41) is 8.86. The van der Waals surface area contributed by atoms with Crippen LogP contribution in [0.3, 0.4) is 0 Å². The van der Waals surface area contributed by atoms with Gasteiger partial charge in [0.25, 0.3) is 0 Å². The van der Waals surface area contributed by atoms with Gasteiger partial charge in [-0.3, -0.25) is 9.69 Å². The van der Waals surface area contributed by atoms with Crippen LogP contribution < -0.4 is 0 Å². The van der Waals surface area contributed by atoms with Crippen LogP contribution in [0.15, 0.2) is 0 Å².